The second-order valence-corrected chi connectivity index (χ2v) is 3.05. The van der Waals surface area contributed by atoms with Gasteiger partial charge in [0.25, 0.3) is 0 Å². The Morgan fingerprint density at radius 1 is 1.38 bits per heavy atom. The lowest BCUT2D eigenvalue weighted by atomic mass is 10.00. The van der Waals surface area contributed by atoms with Crippen LogP contribution in [-0.4, -0.2) is 5.78 Å². The Labute approximate surface area is 49.1 Å². The molecule has 1 heteroatoms. The first kappa shape index (κ1) is 4.54. The molecule has 0 radical (unpaired) electrons. The Balaban J connectivity index is 2.22. The molecule has 0 spiro atoms. The van der Waals surface area contributed by atoms with Crippen molar-refractivity contribution in [1.29, 1.82) is 0 Å². The van der Waals surface area contributed by atoms with Crippen molar-refractivity contribution in [3.63, 3.8) is 0 Å². The minimum atomic E-state index is 0.500. The summed E-state index contributed by atoms with van der Waals surface area (Å²) < 4.78 is 0. The highest BCUT2D eigenvalue weighted by Crippen LogP contribution is 2.41. The first-order valence-electron chi connectivity index (χ1n) is 3.39. The van der Waals surface area contributed by atoms with Crippen molar-refractivity contribution < 1.29 is 4.79 Å². The molecule has 2 atom stereocenters. The number of carbonyl (C=O) groups excluding carboxylic acids is 1. The molecule has 1 nitrogen and oxygen atoms in total. The van der Waals surface area contributed by atoms with Crippen LogP contribution in [0.2, 0.25) is 0 Å². The van der Waals surface area contributed by atoms with Crippen molar-refractivity contribution in [2.75, 3.05) is 0 Å². The number of ketones is 1. The second-order valence-electron chi connectivity index (χ2n) is 3.05. The highest BCUT2D eigenvalue weighted by atomic mass is 16.1. The summed E-state index contributed by atoms with van der Waals surface area (Å²) in [6, 6.07) is 0. The molecule has 2 bridgehead atoms. The monoisotopic (exact) mass is 110 g/mol. The van der Waals surface area contributed by atoms with Gasteiger partial charge in [0.15, 0.2) is 0 Å². The maximum atomic E-state index is 10.8. The van der Waals surface area contributed by atoms with Crippen LogP contribution < -0.4 is 0 Å². The fourth-order valence-corrected chi connectivity index (χ4v) is 2.00. The van der Waals surface area contributed by atoms with Gasteiger partial charge in [-0.1, -0.05) is 0 Å². The van der Waals surface area contributed by atoms with E-state index in [9.17, 15) is 4.79 Å². The molecule has 2 saturated carbocycles. The van der Waals surface area contributed by atoms with Gasteiger partial charge in [-0.3, -0.25) is 4.79 Å². The van der Waals surface area contributed by atoms with E-state index in [0.717, 1.165) is 12.3 Å². The average molecular weight is 110 g/mol. The summed E-state index contributed by atoms with van der Waals surface area (Å²) >= 11 is 0. The molecular weight excluding hydrogens is 100 g/mol. The lowest BCUT2D eigenvalue weighted by Crippen LogP contribution is -2.07. The van der Waals surface area contributed by atoms with E-state index in [4.69, 9.17) is 0 Å². The van der Waals surface area contributed by atoms with Crippen molar-refractivity contribution in [3.05, 3.63) is 0 Å². The summed E-state index contributed by atoms with van der Waals surface area (Å²) in [6.07, 6.45) is 4.66. The number of hydrogen-bond acceptors (Lipinski definition) is 1. The maximum absolute atomic E-state index is 10.8. The van der Waals surface area contributed by atoms with E-state index >= 15 is 0 Å². The van der Waals surface area contributed by atoms with Crippen LogP contribution in [0.4, 0.5) is 0 Å². The van der Waals surface area contributed by atoms with Crippen molar-refractivity contribution in [3.8, 4) is 0 Å². The van der Waals surface area contributed by atoms with Crippen LogP contribution in [0.1, 0.15) is 25.7 Å². The molecule has 0 saturated heterocycles. The van der Waals surface area contributed by atoms with Crippen molar-refractivity contribution in [1.82, 2.24) is 0 Å². The summed E-state index contributed by atoms with van der Waals surface area (Å²) in [6.45, 7) is 0. The van der Waals surface area contributed by atoms with Crippen LogP contribution in [0.3, 0.4) is 0 Å². The van der Waals surface area contributed by atoms with Crippen LogP contribution >= 0.6 is 0 Å². The molecular formula is C7H10O. The van der Waals surface area contributed by atoms with Gasteiger partial charge < -0.3 is 0 Å². The fraction of sp³-hybridized carbons (Fsp3) is 0.857. The fourth-order valence-electron chi connectivity index (χ4n) is 2.00. The SMILES string of the molecule is O=C1CC2CC[C@@H]1C2. The largest absolute Gasteiger partial charge is 0.299 e. The third kappa shape index (κ3) is 0.445. The molecule has 0 aromatic rings. The first-order chi connectivity index (χ1) is 3.86. The number of carbonyl (C=O) groups is 1. The normalized spacial score (nSPS) is 43.8. The molecule has 8 heavy (non-hydrogen) atoms. The molecule has 0 heterocycles. The van der Waals surface area contributed by atoms with Gasteiger partial charge in [-0.15, -0.1) is 0 Å². The van der Waals surface area contributed by atoms with Crippen molar-refractivity contribution in [2.45, 2.75) is 25.7 Å². The number of fused-ring (bicyclic) bond motifs is 2. The summed E-state index contributed by atoms with van der Waals surface area (Å²) in [5.41, 5.74) is 0. The highest BCUT2D eigenvalue weighted by molar-refractivity contribution is 5.84. The van der Waals surface area contributed by atoms with E-state index in [-0.39, 0.29) is 0 Å². The molecule has 0 aliphatic heterocycles. The van der Waals surface area contributed by atoms with Gasteiger partial charge in [0.05, 0.1) is 0 Å². The maximum Gasteiger partial charge on any atom is 0.136 e. The molecule has 0 amide bonds. The Kier molecular flexibility index (Phi) is 0.758. The lowest BCUT2D eigenvalue weighted by molar-refractivity contribution is -0.121. The van der Waals surface area contributed by atoms with Crippen molar-refractivity contribution in [2.24, 2.45) is 11.8 Å². The first-order valence-corrected chi connectivity index (χ1v) is 3.39. The number of rotatable bonds is 0. The molecule has 0 N–H and O–H groups in total. The van der Waals surface area contributed by atoms with E-state index < -0.39 is 0 Å². The van der Waals surface area contributed by atoms with Gasteiger partial charge in [0.2, 0.25) is 0 Å². The van der Waals surface area contributed by atoms with E-state index in [1.807, 2.05) is 0 Å². The molecule has 0 aromatic carbocycles. The smallest absolute Gasteiger partial charge is 0.136 e. The molecule has 2 fully saturated rings. The number of hydrogen-bond donors (Lipinski definition) is 0. The third-order valence-electron chi connectivity index (χ3n) is 2.49. The molecule has 0 aromatic heterocycles. The molecule has 2 aliphatic rings. The summed E-state index contributed by atoms with van der Waals surface area (Å²) in [4.78, 5) is 10.8. The van der Waals surface area contributed by atoms with Gasteiger partial charge in [-0.2, -0.15) is 0 Å². The van der Waals surface area contributed by atoms with Gasteiger partial charge in [-0.25, -0.2) is 0 Å². The lowest BCUT2D eigenvalue weighted by Gasteiger charge is -2.04. The Hall–Kier alpha value is -0.330. The van der Waals surface area contributed by atoms with E-state index in [1.54, 1.807) is 0 Å². The van der Waals surface area contributed by atoms with Gasteiger partial charge in [-0.05, 0) is 25.2 Å². The molecule has 2 rings (SSSR count). The van der Waals surface area contributed by atoms with Crippen LogP contribution in [-0.2, 0) is 4.79 Å². The Bertz CT molecular complexity index is 128. The van der Waals surface area contributed by atoms with E-state index in [1.165, 1.54) is 19.3 Å². The van der Waals surface area contributed by atoms with Gasteiger partial charge >= 0.3 is 0 Å². The van der Waals surface area contributed by atoms with E-state index in [2.05, 4.69) is 0 Å². The van der Waals surface area contributed by atoms with Crippen LogP contribution in [0.25, 0.3) is 0 Å². The highest BCUT2D eigenvalue weighted by Gasteiger charge is 2.37. The predicted octanol–water partition coefficient (Wildman–Crippen LogP) is 1.38. The Morgan fingerprint density at radius 2 is 2.25 bits per heavy atom. The topological polar surface area (TPSA) is 17.1 Å². The quantitative estimate of drug-likeness (QED) is 0.460. The zero-order valence-electron chi connectivity index (χ0n) is 4.89. The second kappa shape index (κ2) is 1.34. The molecule has 1 unspecified atom stereocenters. The third-order valence-corrected chi connectivity index (χ3v) is 2.49. The van der Waals surface area contributed by atoms with Crippen LogP contribution in [0.15, 0.2) is 0 Å². The molecule has 44 valence electrons. The zero-order chi connectivity index (χ0) is 5.56. The summed E-state index contributed by atoms with van der Waals surface area (Å²) in [5, 5.41) is 0. The number of Topliss-reactive ketones (excluding diaryl/α,β-unsaturated/α-hetero) is 1. The summed E-state index contributed by atoms with van der Waals surface area (Å²) in [7, 11) is 0. The standard InChI is InChI=1S/C7H10O/c8-7-4-5-1-2-6(7)3-5/h5-6H,1-4H2/t5?,6-/m1/s1. The Morgan fingerprint density at radius 3 is 2.50 bits per heavy atom. The van der Waals surface area contributed by atoms with E-state index in [0.29, 0.717) is 11.7 Å². The predicted molar refractivity (Wildman–Crippen MR) is 30.5 cm³/mol. The minimum absolute atomic E-state index is 0.500. The zero-order valence-corrected chi connectivity index (χ0v) is 4.89. The average Bonchev–Trinajstić information content (AvgIpc) is 2.23. The van der Waals surface area contributed by atoms with Crippen molar-refractivity contribution >= 4 is 5.78 Å². The van der Waals surface area contributed by atoms with Gasteiger partial charge in [0, 0.05) is 12.3 Å². The minimum Gasteiger partial charge on any atom is -0.299 e. The molecule has 2 aliphatic carbocycles. The summed E-state index contributed by atoms with van der Waals surface area (Å²) in [5.74, 6) is 1.84. The van der Waals surface area contributed by atoms with Gasteiger partial charge in [0.1, 0.15) is 5.78 Å². The van der Waals surface area contributed by atoms with Crippen LogP contribution in [0, 0.1) is 11.8 Å². The van der Waals surface area contributed by atoms with Crippen LogP contribution in [0.5, 0.6) is 0 Å².